The fourth-order valence-electron chi connectivity index (χ4n) is 2.81. The van der Waals surface area contributed by atoms with Gasteiger partial charge in [0.15, 0.2) is 0 Å². The summed E-state index contributed by atoms with van der Waals surface area (Å²) in [5, 5.41) is 0. The largest absolute Gasteiger partial charge is 0.416 e. The number of carbonyl (C=O) groups excluding carboxylic acids is 1. The van der Waals surface area contributed by atoms with Gasteiger partial charge in [-0.25, -0.2) is 8.42 Å². The van der Waals surface area contributed by atoms with Crippen LogP contribution in [-0.4, -0.2) is 31.5 Å². The summed E-state index contributed by atoms with van der Waals surface area (Å²) in [6.45, 7) is 0.213. The Bertz CT molecular complexity index is 951. The minimum absolute atomic E-state index is 0.0589. The van der Waals surface area contributed by atoms with Crippen LogP contribution in [-0.2, 0) is 22.7 Å². The molecule has 1 N–H and O–H groups in total. The normalized spacial score (nSPS) is 14.6. The van der Waals surface area contributed by atoms with Crippen LogP contribution < -0.4 is 4.72 Å². The molecular formula is C19H19F3N2O3S. The highest BCUT2D eigenvalue weighted by Crippen LogP contribution is 2.32. The van der Waals surface area contributed by atoms with E-state index in [-0.39, 0.29) is 18.5 Å². The van der Waals surface area contributed by atoms with Crippen LogP contribution in [0, 0.1) is 0 Å². The highest BCUT2D eigenvalue weighted by Gasteiger charge is 2.34. The van der Waals surface area contributed by atoms with E-state index in [0.29, 0.717) is 16.8 Å². The van der Waals surface area contributed by atoms with Gasteiger partial charge in [-0.1, -0.05) is 12.1 Å². The number of hydrogen-bond acceptors (Lipinski definition) is 3. The lowest BCUT2D eigenvalue weighted by Gasteiger charge is -2.23. The Morgan fingerprint density at radius 3 is 2.11 bits per heavy atom. The van der Waals surface area contributed by atoms with Crippen molar-refractivity contribution in [2.45, 2.75) is 31.6 Å². The number of carbonyl (C=O) groups is 1. The first kappa shape index (κ1) is 20.2. The van der Waals surface area contributed by atoms with Gasteiger partial charge in [-0.15, -0.1) is 0 Å². The SMILES string of the molecule is CS(=O)(=O)Nc1ccc(C(=O)N(Cc2ccc(C(F)(F)F)cc2)C2CC2)cc1. The molecule has 9 heteroatoms. The van der Waals surface area contributed by atoms with E-state index in [1.807, 2.05) is 0 Å². The maximum atomic E-state index is 12.9. The van der Waals surface area contributed by atoms with Gasteiger partial charge in [0.2, 0.25) is 10.0 Å². The first-order valence-electron chi connectivity index (χ1n) is 8.58. The molecule has 0 saturated heterocycles. The average Bonchev–Trinajstić information content (AvgIpc) is 3.43. The quantitative estimate of drug-likeness (QED) is 0.783. The molecule has 3 rings (SSSR count). The number of amides is 1. The van der Waals surface area contributed by atoms with Crippen molar-refractivity contribution in [3.8, 4) is 0 Å². The van der Waals surface area contributed by atoms with Gasteiger partial charge in [-0.05, 0) is 54.8 Å². The summed E-state index contributed by atoms with van der Waals surface area (Å²) in [5.74, 6) is -0.242. The fraction of sp³-hybridized carbons (Fsp3) is 0.316. The van der Waals surface area contributed by atoms with Gasteiger partial charge >= 0.3 is 6.18 Å². The lowest BCUT2D eigenvalue weighted by molar-refractivity contribution is -0.137. The van der Waals surface area contributed by atoms with E-state index < -0.39 is 21.8 Å². The third-order valence-electron chi connectivity index (χ3n) is 4.32. The summed E-state index contributed by atoms with van der Waals surface area (Å²) >= 11 is 0. The molecule has 0 radical (unpaired) electrons. The van der Waals surface area contributed by atoms with Crippen LogP contribution in [0.3, 0.4) is 0 Å². The molecule has 1 aliphatic carbocycles. The van der Waals surface area contributed by atoms with Gasteiger partial charge < -0.3 is 4.90 Å². The summed E-state index contributed by atoms with van der Waals surface area (Å²) in [6.07, 6.45) is -1.67. The number of benzene rings is 2. The molecule has 1 fully saturated rings. The van der Waals surface area contributed by atoms with Crippen molar-refractivity contribution in [2.75, 3.05) is 11.0 Å². The summed E-state index contributed by atoms with van der Waals surface area (Å²) in [6, 6.07) is 10.9. The van der Waals surface area contributed by atoms with Crippen LogP contribution in [0.1, 0.15) is 34.3 Å². The van der Waals surface area contributed by atoms with E-state index >= 15 is 0 Å². The molecule has 0 unspecified atom stereocenters. The molecule has 0 atom stereocenters. The second-order valence-electron chi connectivity index (χ2n) is 6.81. The minimum atomic E-state index is -4.40. The number of hydrogen-bond donors (Lipinski definition) is 1. The first-order chi connectivity index (χ1) is 13.0. The van der Waals surface area contributed by atoms with Crippen LogP contribution in [0.5, 0.6) is 0 Å². The van der Waals surface area contributed by atoms with Crippen LogP contribution in [0.4, 0.5) is 18.9 Å². The monoisotopic (exact) mass is 412 g/mol. The summed E-state index contributed by atoms with van der Waals surface area (Å²) in [4.78, 5) is 14.5. The topological polar surface area (TPSA) is 66.5 Å². The van der Waals surface area contributed by atoms with Gasteiger partial charge in [-0.2, -0.15) is 13.2 Å². The van der Waals surface area contributed by atoms with Crippen LogP contribution in [0.15, 0.2) is 48.5 Å². The van der Waals surface area contributed by atoms with E-state index in [9.17, 15) is 26.4 Å². The molecule has 2 aromatic carbocycles. The zero-order chi connectivity index (χ0) is 20.5. The molecule has 28 heavy (non-hydrogen) atoms. The highest BCUT2D eigenvalue weighted by atomic mass is 32.2. The van der Waals surface area contributed by atoms with Gasteiger partial charge in [0, 0.05) is 23.8 Å². The number of anilines is 1. The van der Waals surface area contributed by atoms with E-state index in [1.165, 1.54) is 36.4 Å². The molecule has 1 aliphatic rings. The lowest BCUT2D eigenvalue weighted by atomic mass is 10.1. The predicted molar refractivity (Wildman–Crippen MR) is 99.2 cm³/mol. The van der Waals surface area contributed by atoms with E-state index in [0.717, 1.165) is 31.2 Å². The maximum Gasteiger partial charge on any atom is 0.416 e. The molecule has 0 spiro atoms. The molecule has 150 valence electrons. The Morgan fingerprint density at radius 2 is 1.64 bits per heavy atom. The van der Waals surface area contributed by atoms with Crippen molar-refractivity contribution in [3.63, 3.8) is 0 Å². The van der Waals surface area contributed by atoms with E-state index in [1.54, 1.807) is 4.90 Å². The Labute approximate surface area is 161 Å². The van der Waals surface area contributed by atoms with E-state index in [2.05, 4.69) is 4.72 Å². The third kappa shape index (κ3) is 5.25. The zero-order valence-corrected chi connectivity index (χ0v) is 15.8. The van der Waals surface area contributed by atoms with Crippen molar-refractivity contribution in [2.24, 2.45) is 0 Å². The minimum Gasteiger partial charge on any atom is -0.331 e. The Hall–Kier alpha value is -2.55. The van der Waals surface area contributed by atoms with Crippen molar-refractivity contribution in [1.82, 2.24) is 4.90 Å². The van der Waals surface area contributed by atoms with Gasteiger partial charge in [0.25, 0.3) is 5.91 Å². The maximum absolute atomic E-state index is 12.9. The molecule has 2 aromatic rings. The first-order valence-corrected chi connectivity index (χ1v) is 10.5. The number of sulfonamides is 1. The third-order valence-corrected chi connectivity index (χ3v) is 4.92. The van der Waals surface area contributed by atoms with Crippen molar-refractivity contribution in [3.05, 3.63) is 65.2 Å². The predicted octanol–water partition coefficient (Wildman–Crippen LogP) is 3.88. The molecule has 0 aliphatic heterocycles. The smallest absolute Gasteiger partial charge is 0.331 e. The molecule has 1 amide bonds. The number of nitrogens with one attached hydrogen (secondary N) is 1. The number of rotatable bonds is 6. The van der Waals surface area contributed by atoms with Crippen LogP contribution in [0.25, 0.3) is 0 Å². The number of nitrogens with zero attached hydrogens (tertiary/aromatic N) is 1. The molecule has 0 bridgehead atoms. The van der Waals surface area contributed by atoms with Crippen molar-refractivity contribution < 1.29 is 26.4 Å². The Kier molecular flexibility index (Phi) is 5.38. The summed E-state index contributed by atoms with van der Waals surface area (Å²) < 4.78 is 62.9. The van der Waals surface area contributed by atoms with Crippen molar-refractivity contribution >= 4 is 21.6 Å². The molecule has 5 nitrogen and oxygen atoms in total. The van der Waals surface area contributed by atoms with Crippen molar-refractivity contribution in [1.29, 1.82) is 0 Å². The van der Waals surface area contributed by atoms with E-state index in [4.69, 9.17) is 0 Å². The van der Waals surface area contributed by atoms with Crippen LogP contribution in [0.2, 0.25) is 0 Å². The summed E-state index contributed by atoms with van der Waals surface area (Å²) in [7, 11) is -3.41. The van der Waals surface area contributed by atoms with Gasteiger partial charge in [-0.3, -0.25) is 9.52 Å². The standard InChI is InChI=1S/C19H19F3N2O3S/c1-28(26,27)23-16-8-4-14(5-9-16)18(25)24(17-10-11-17)12-13-2-6-15(7-3-13)19(20,21)22/h2-9,17,23H,10-12H2,1H3. The van der Waals surface area contributed by atoms with Gasteiger partial charge in [0.1, 0.15) is 0 Å². The highest BCUT2D eigenvalue weighted by molar-refractivity contribution is 7.92. The average molecular weight is 412 g/mol. The molecular weight excluding hydrogens is 393 g/mol. The number of halogens is 3. The Morgan fingerprint density at radius 1 is 1.07 bits per heavy atom. The fourth-order valence-corrected chi connectivity index (χ4v) is 3.37. The second-order valence-corrected chi connectivity index (χ2v) is 8.56. The summed E-state index contributed by atoms with van der Waals surface area (Å²) in [5.41, 5.74) is 0.621. The Balaban J connectivity index is 1.74. The van der Waals surface area contributed by atoms with Crippen LogP contribution >= 0.6 is 0 Å². The lowest BCUT2D eigenvalue weighted by Crippen LogP contribution is -2.32. The second kappa shape index (κ2) is 7.46. The zero-order valence-electron chi connectivity index (χ0n) is 15.0. The molecule has 0 aromatic heterocycles. The van der Waals surface area contributed by atoms with Gasteiger partial charge in [0.05, 0.1) is 11.8 Å². The molecule has 0 heterocycles. The number of alkyl halides is 3. The molecule has 1 saturated carbocycles.